The molecular formula is C13H14BrClN2. The fraction of sp³-hybridized carbons (Fsp3) is 0.462. The van der Waals surface area contributed by atoms with Crippen molar-refractivity contribution in [3.63, 3.8) is 0 Å². The molecule has 0 bridgehead atoms. The first-order chi connectivity index (χ1) is 8.08. The molecule has 1 aromatic heterocycles. The normalized spacial score (nSPS) is 25.2. The van der Waals surface area contributed by atoms with Crippen LogP contribution in [0.15, 0.2) is 22.7 Å². The molecule has 0 N–H and O–H groups in total. The Balaban J connectivity index is 2.25. The van der Waals surface area contributed by atoms with Crippen LogP contribution in [-0.2, 0) is 0 Å². The van der Waals surface area contributed by atoms with Gasteiger partial charge in [-0.1, -0.05) is 22.9 Å². The molecule has 2 aromatic rings. The Labute approximate surface area is 114 Å². The van der Waals surface area contributed by atoms with Crippen molar-refractivity contribution in [1.82, 2.24) is 9.55 Å². The standard InChI is InChI=1S/C13H14BrClN2/c1-7-5-11(7)17-12-6-9(14)3-4-10(12)16-13(17)8(2)15/h3-4,6-8,11H,5H2,1-2H3. The summed E-state index contributed by atoms with van der Waals surface area (Å²) in [6.45, 7) is 4.26. The van der Waals surface area contributed by atoms with E-state index in [2.05, 4.69) is 38.5 Å². The lowest BCUT2D eigenvalue weighted by atomic mass is 10.3. The summed E-state index contributed by atoms with van der Waals surface area (Å²) in [5, 5.41) is -0.0472. The molecule has 3 rings (SSSR count). The van der Waals surface area contributed by atoms with Crippen molar-refractivity contribution in [3.8, 4) is 0 Å². The number of rotatable bonds is 2. The van der Waals surface area contributed by atoms with Gasteiger partial charge in [0.2, 0.25) is 0 Å². The lowest BCUT2D eigenvalue weighted by molar-refractivity contribution is 0.659. The van der Waals surface area contributed by atoms with Crippen molar-refractivity contribution in [1.29, 1.82) is 0 Å². The van der Waals surface area contributed by atoms with E-state index >= 15 is 0 Å². The molecule has 3 unspecified atom stereocenters. The first kappa shape index (κ1) is 11.5. The second-order valence-corrected chi connectivity index (χ2v) is 6.44. The van der Waals surface area contributed by atoms with E-state index in [1.807, 2.05) is 19.1 Å². The summed E-state index contributed by atoms with van der Waals surface area (Å²) in [6, 6.07) is 6.78. The molecule has 2 nitrogen and oxygen atoms in total. The average Bonchev–Trinajstić information content (AvgIpc) is 2.86. The molecule has 0 spiro atoms. The maximum atomic E-state index is 6.24. The monoisotopic (exact) mass is 312 g/mol. The third kappa shape index (κ3) is 1.89. The van der Waals surface area contributed by atoms with Gasteiger partial charge in [0.25, 0.3) is 0 Å². The van der Waals surface area contributed by atoms with Gasteiger partial charge < -0.3 is 4.57 Å². The fourth-order valence-corrected chi connectivity index (χ4v) is 2.88. The average molecular weight is 314 g/mol. The van der Waals surface area contributed by atoms with Crippen molar-refractivity contribution >= 4 is 38.6 Å². The molecule has 3 atom stereocenters. The molecule has 1 aliphatic rings. The molecule has 17 heavy (non-hydrogen) atoms. The molecule has 1 fully saturated rings. The SMILES string of the molecule is CC(Cl)c1nc2ccc(Br)cc2n1C1CC1C. The molecule has 1 aliphatic carbocycles. The van der Waals surface area contributed by atoms with Crippen LogP contribution in [0.25, 0.3) is 11.0 Å². The van der Waals surface area contributed by atoms with E-state index in [0.717, 1.165) is 21.7 Å². The van der Waals surface area contributed by atoms with Gasteiger partial charge in [-0.3, -0.25) is 0 Å². The lowest BCUT2D eigenvalue weighted by Crippen LogP contribution is -2.03. The molecule has 1 saturated carbocycles. The van der Waals surface area contributed by atoms with Crippen molar-refractivity contribution in [2.45, 2.75) is 31.7 Å². The van der Waals surface area contributed by atoms with Crippen LogP contribution in [0.3, 0.4) is 0 Å². The zero-order valence-electron chi connectivity index (χ0n) is 9.82. The number of halogens is 2. The summed E-state index contributed by atoms with van der Waals surface area (Å²) in [5.41, 5.74) is 2.23. The van der Waals surface area contributed by atoms with Crippen molar-refractivity contribution < 1.29 is 0 Å². The number of nitrogens with zero attached hydrogens (tertiary/aromatic N) is 2. The highest BCUT2D eigenvalue weighted by Gasteiger charge is 2.37. The number of benzene rings is 1. The Morgan fingerprint density at radius 1 is 1.53 bits per heavy atom. The van der Waals surface area contributed by atoms with Gasteiger partial charge >= 0.3 is 0 Å². The van der Waals surface area contributed by atoms with Gasteiger partial charge in [-0.25, -0.2) is 4.98 Å². The predicted octanol–water partition coefficient (Wildman–Crippen LogP) is 4.68. The maximum Gasteiger partial charge on any atom is 0.127 e. The minimum absolute atomic E-state index is 0.0472. The van der Waals surface area contributed by atoms with Crippen LogP contribution < -0.4 is 0 Å². The zero-order valence-corrected chi connectivity index (χ0v) is 12.2. The number of aromatic nitrogens is 2. The molecule has 90 valence electrons. The van der Waals surface area contributed by atoms with E-state index in [0.29, 0.717) is 6.04 Å². The number of imidazole rings is 1. The van der Waals surface area contributed by atoms with Crippen LogP contribution in [0.4, 0.5) is 0 Å². The van der Waals surface area contributed by atoms with Crippen LogP contribution in [0, 0.1) is 5.92 Å². The van der Waals surface area contributed by atoms with Crippen LogP contribution >= 0.6 is 27.5 Å². The fourth-order valence-electron chi connectivity index (χ4n) is 2.38. The first-order valence-corrected chi connectivity index (χ1v) is 7.12. The molecule has 1 heterocycles. The van der Waals surface area contributed by atoms with Crippen molar-refractivity contribution in [3.05, 3.63) is 28.5 Å². The van der Waals surface area contributed by atoms with Gasteiger partial charge in [-0.2, -0.15) is 0 Å². The van der Waals surface area contributed by atoms with E-state index in [9.17, 15) is 0 Å². The van der Waals surface area contributed by atoms with Crippen molar-refractivity contribution in [2.24, 2.45) is 5.92 Å². The number of alkyl halides is 1. The van der Waals surface area contributed by atoms with E-state index in [1.54, 1.807) is 0 Å². The lowest BCUT2D eigenvalue weighted by Gasteiger charge is -2.09. The largest absolute Gasteiger partial charge is 0.323 e. The van der Waals surface area contributed by atoms with E-state index in [4.69, 9.17) is 11.6 Å². The summed E-state index contributed by atoms with van der Waals surface area (Å²) in [5.74, 6) is 1.73. The van der Waals surface area contributed by atoms with Crippen LogP contribution in [0.2, 0.25) is 0 Å². The van der Waals surface area contributed by atoms with Crippen LogP contribution in [-0.4, -0.2) is 9.55 Å². The molecular weight excluding hydrogens is 300 g/mol. The highest BCUT2D eigenvalue weighted by Crippen LogP contribution is 2.46. The Bertz CT molecular complexity index is 576. The molecule has 4 heteroatoms. The second kappa shape index (κ2) is 3.99. The quantitative estimate of drug-likeness (QED) is 0.736. The second-order valence-electron chi connectivity index (χ2n) is 4.87. The predicted molar refractivity (Wildman–Crippen MR) is 74.5 cm³/mol. The summed E-state index contributed by atoms with van der Waals surface area (Å²) in [4.78, 5) is 4.66. The summed E-state index contributed by atoms with van der Waals surface area (Å²) in [6.07, 6.45) is 1.23. The molecule has 0 radical (unpaired) electrons. The Hall–Kier alpha value is -0.540. The molecule has 0 amide bonds. The minimum atomic E-state index is -0.0472. The van der Waals surface area contributed by atoms with Crippen molar-refractivity contribution in [2.75, 3.05) is 0 Å². The number of hydrogen-bond acceptors (Lipinski definition) is 1. The van der Waals surface area contributed by atoms with Gasteiger partial charge in [-0.05, 0) is 37.5 Å². The van der Waals surface area contributed by atoms with Gasteiger partial charge in [0.05, 0.1) is 16.4 Å². The van der Waals surface area contributed by atoms with Gasteiger partial charge in [0.15, 0.2) is 0 Å². The molecule has 0 aliphatic heterocycles. The Morgan fingerprint density at radius 3 is 2.82 bits per heavy atom. The van der Waals surface area contributed by atoms with Crippen LogP contribution in [0.5, 0.6) is 0 Å². The maximum absolute atomic E-state index is 6.24. The van der Waals surface area contributed by atoms with Crippen LogP contribution in [0.1, 0.15) is 37.5 Å². The van der Waals surface area contributed by atoms with E-state index in [-0.39, 0.29) is 5.38 Å². The third-order valence-corrected chi connectivity index (χ3v) is 4.12. The highest BCUT2D eigenvalue weighted by molar-refractivity contribution is 9.10. The highest BCUT2D eigenvalue weighted by atomic mass is 79.9. The third-order valence-electron chi connectivity index (χ3n) is 3.43. The topological polar surface area (TPSA) is 17.8 Å². The smallest absolute Gasteiger partial charge is 0.127 e. The number of hydrogen-bond donors (Lipinski definition) is 0. The summed E-state index contributed by atoms with van der Waals surface area (Å²) < 4.78 is 3.41. The zero-order chi connectivity index (χ0) is 12.2. The number of fused-ring (bicyclic) bond motifs is 1. The summed E-state index contributed by atoms with van der Waals surface area (Å²) >= 11 is 9.77. The summed E-state index contributed by atoms with van der Waals surface area (Å²) in [7, 11) is 0. The first-order valence-electron chi connectivity index (χ1n) is 5.89. The van der Waals surface area contributed by atoms with Gasteiger partial charge in [0.1, 0.15) is 5.82 Å². The molecule has 1 aromatic carbocycles. The minimum Gasteiger partial charge on any atom is -0.323 e. The Morgan fingerprint density at radius 2 is 2.24 bits per heavy atom. The van der Waals surface area contributed by atoms with Gasteiger partial charge in [0, 0.05) is 10.5 Å². The van der Waals surface area contributed by atoms with E-state index in [1.165, 1.54) is 11.9 Å². The van der Waals surface area contributed by atoms with Gasteiger partial charge in [-0.15, -0.1) is 11.6 Å². The molecule has 0 saturated heterocycles. The Kier molecular flexibility index (Phi) is 2.71. The van der Waals surface area contributed by atoms with E-state index < -0.39 is 0 Å².